The minimum atomic E-state index is -0.906. The second kappa shape index (κ2) is 4.39. The zero-order valence-electron chi connectivity index (χ0n) is 10.1. The van der Waals surface area contributed by atoms with Crippen LogP contribution in [0, 0.1) is 5.41 Å². The lowest BCUT2D eigenvalue weighted by atomic mass is 9.71. The maximum atomic E-state index is 10.6. The highest BCUT2D eigenvalue weighted by molar-refractivity contribution is 5.65. The predicted molar refractivity (Wildman–Crippen MR) is 60.1 cm³/mol. The Morgan fingerprint density at radius 3 is 2.40 bits per heavy atom. The van der Waals surface area contributed by atoms with Gasteiger partial charge in [0.25, 0.3) is 0 Å². The number of rotatable bonds is 2. The molecule has 0 spiro atoms. The Morgan fingerprint density at radius 1 is 1.40 bits per heavy atom. The molecule has 2 atom stereocenters. The molecule has 2 unspecified atom stereocenters. The zero-order valence-corrected chi connectivity index (χ0v) is 10.1. The SMILES string of the molecule is CN(C)C1CCC(NC(=O)O)C(C)(C)C1. The van der Waals surface area contributed by atoms with E-state index in [2.05, 4.69) is 38.2 Å². The lowest BCUT2D eigenvalue weighted by Crippen LogP contribution is -2.51. The minimum Gasteiger partial charge on any atom is -0.465 e. The summed E-state index contributed by atoms with van der Waals surface area (Å²) in [5, 5.41) is 11.4. The Morgan fingerprint density at radius 2 is 2.00 bits per heavy atom. The van der Waals surface area contributed by atoms with Crippen molar-refractivity contribution in [3.05, 3.63) is 0 Å². The first-order chi connectivity index (χ1) is 6.83. The topological polar surface area (TPSA) is 52.6 Å². The van der Waals surface area contributed by atoms with E-state index in [1.807, 2.05) is 0 Å². The maximum absolute atomic E-state index is 10.6. The average molecular weight is 214 g/mol. The summed E-state index contributed by atoms with van der Waals surface area (Å²) in [5.74, 6) is 0. The molecule has 1 saturated carbocycles. The number of nitrogens with zero attached hydrogens (tertiary/aromatic N) is 1. The van der Waals surface area contributed by atoms with Crippen LogP contribution in [-0.2, 0) is 0 Å². The van der Waals surface area contributed by atoms with Crippen molar-refractivity contribution in [2.45, 2.75) is 45.2 Å². The number of amides is 1. The van der Waals surface area contributed by atoms with E-state index in [4.69, 9.17) is 5.11 Å². The van der Waals surface area contributed by atoms with E-state index < -0.39 is 6.09 Å². The Labute approximate surface area is 91.6 Å². The van der Waals surface area contributed by atoms with Gasteiger partial charge in [-0.15, -0.1) is 0 Å². The summed E-state index contributed by atoms with van der Waals surface area (Å²) in [6, 6.07) is 0.665. The second-order valence-corrected chi connectivity index (χ2v) is 5.39. The van der Waals surface area contributed by atoms with Gasteiger partial charge in [-0.2, -0.15) is 0 Å². The largest absolute Gasteiger partial charge is 0.465 e. The molecule has 1 aliphatic rings. The molecule has 0 radical (unpaired) electrons. The Bertz CT molecular complexity index is 239. The Kier molecular flexibility index (Phi) is 3.60. The Balaban J connectivity index is 2.62. The van der Waals surface area contributed by atoms with Gasteiger partial charge in [-0.05, 0) is 38.8 Å². The standard InChI is InChI=1S/C11H22N2O2/c1-11(2)7-8(13(3)4)5-6-9(11)12-10(14)15/h8-9,12H,5-7H2,1-4H3,(H,14,15). The molecule has 0 heterocycles. The lowest BCUT2D eigenvalue weighted by molar-refractivity contribution is 0.0897. The van der Waals surface area contributed by atoms with Gasteiger partial charge in [0.05, 0.1) is 0 Å². The van der Waals surface area contributed by atoms with Gasteiger partial charge >= 0.3 is 6.09 Å². The van der Waals surface area contributed by atoms with Gasteiger partial charge in [-0.25, -0.2) is 4.79 Å². The molecule has 1 fully saturated rings. The molecule has 0 aromatic heterocycles. The normalized spacial score (nSPS) is 30.2. The van der Waals surface area contributed by atoms with Gasteiger partial charge in [0.1, 0.15) is 0 Å². The van der Waals surface area contributed by atoms with E-state index in [-0.39, 0.29) is 11.5 Å². The first-order valence-corrected chi connectivity index (χ1v) is 5.49. The van der Waals surface area contributed by atoms with Gasteiger partial charge < -0.3 is 15.3 Å². The summed E-state index contributed by atoms with van der Waals surface area (Å²) in [6.07, 6.45) is 2.14. The highest BCUT2D eigenvalue weighted by Crippen LogP contribution is 2.37. The fraction of sp³-hybridized carbons (Fsp3) is 0.909. The molecule has 1 aliphatic carbocycles. The van der Waals surface area contributed by atoms with Crippen molar-refractivity contribution in [3.63, 3.8) is 0 Å². The van der Waals surface area contributed by atoms with E-state index in [1.54, 1.807) is 0 Å². The monoisotopic (exact) mass is 214 g/mol. The number of carbonyl (C=O) groups is 1. The smallest absolute Gasteiger partial charge is 0.404 e. The van der Waals surface area contributed by atoms with Crippen molar-refractivity contribution < 1.29 is 9.90 Å². The summed E-state index contributed by atoms with van der Waals surface area (Å²) >= 11 is 0. The molecule has 0 bridgehead atoms. The van der Waals surface area contributed by atoms with Crippen LogP contribution in [0.2, 0.25) is 0 Å². The molecule has 4 heteroatoms. The van der Waals surface area contributed by atoms with Crippen LogP contribution in [0.5, 0.6) is 0 Å². The third kappa shape index (κ3) is 3.09. The van der Waals surface area contributed by atoms with Crippen LogP contribution < -0.4 is 5.32 Å². The summed E-state index contributed by atoms with van der Waals surface area (Å²) in [5.41, 5.74) is 0.0472. The number of hydrogen-bond donors (Lipinski definition) is 2. The van der Waals surface area contributed by atoms with E-state index >= 15 is 0 Å². The molecule has 1 rings (SSSR count). The fourth-order valence-electron chi connectivity index (χ4n) is 2.46. The van der Waals surface area contributed by atoms with Gasteiger partial charge in [0.2, 0.25) is 0 Å². The third-order valence-electron chi connectivity index (χ3n) is 3.52. The van der Waals surface area contributed by atoms with Crippen LogP contribution in [0.3, 0.4) is 0 Å². The van der Waals surface area contributed by atoms with Crippen LogP contribution in [0.1, 0.15) is 33.1 Å². The van der Waals surface area contributed by atoms with E-state index in [9.17, 15) is 4.79 Å². The molecule has 1 amide bonds. The van der Waals surface area contributed by atoms with E-state index in [1.165, 1.54) is 0 Å². The van der Waals surface area contributed by atoms with Crippen molar-refractivity contribution >= 4 is 6.09 Å². The summed E-state index contributed by atoms with van der Waals surface area (Å²) in [7, 11) is 4.18. The van der Waals surface area contributed by atoms with Crippen LogP contribution in [0.4, 0.5) is 4.79 Å². The summed E-state index contributed by atoms with van der Waals surface area (Å²) in [6.45, 7) is 4.28. The van der Waals surface area contributed by atoms with E-state index in [0.717, 1.165) is 19.3 Å². The molecule has 4 nitrogen and oxygen atoms in total. The first-order valence-electron chi connectivity index (χ1n) is 5.49. The molecule has 0 saturated heterocycles. The Hall–Kier alpha value is -0.770. The zero-order chi connectivity index (χ0) is 11.6. The average Bonchev–Trinajstić information content (AvgIpc) is 2.07. The van der Waals surface area contributed by atoms with Crippen LogP contribution in [0.15, 0.2) is 0 Å². The van der Waals surface area contributed by atoms with Crippen molar-refractivity contribution in [1.82, 2.24) is 10.2 Å². The molecule has 88 valence electrons. The molecule has 0 aromatic carbocycles. The van der Waals surface area contributed by atoms with Crippen molar-refractivity contribution in [3.8, 4) is 0 Å². The van der Waals surface area contributed by atoms with Gasteiger partial charge in [-0.1, -0.05) is 13.8 Å². The van der Waals surface area contributed by atoms with E-state index in [0.29, 0.717) is 6.04 Å². The second-order valence-electron chi connectivity index (χ2n) is 5.39. The third-order valence-corrected chi connectivity index (χ3v) is 3.52. The minimum absolute atomic E-state index is 0.0472. The lowest BCUT2D eigenvalue weighted by Gasteiger charge is -2.44. The predicted octanol–water partition coefficient (Wildman–Crippen LogP) is 1.76. The highest BCUT2D eigenvalue weighted by Gasteiger charge is 2.38. The molecular formula is C11H22N2O2. The molecule has 0 aliphatic heterocycles. The van der Waals surface area contributed by atoms with Crippen LogP contribution >= 0.6 is 0 Å². The van der Waals surface area contributed by atoms with Gasteiger partial charge in [0, 0.05) is 12.1 Å². The van der Waals surface area contributed by atoms with Gasteiger partial charge in [-0.3, -0.25) is 0 Å². The first kappa shape index (κ1) is 12.3. The molecule has 2 N–H and O–H groups in total. The van der Waals surface area contributed by atoms with Gasteiger partial charge in [0.15, 0.2) is 0 Å². The van der Waals surface area contributed by atoms with Crippen molar-refractivity contribution in [2.24, 2.45) is 5.41 Å². The number of nitrogens with one attached hydrogen (secondary N) is 1. The maximum Gasteiger partial charge on any atom is 0.404 e. The molecule has 15 heavy (non-hydrogen) atoms. The highest BCUT2D eigenvalue weighted by atomic mass is 16.4. The van der Waals surface area contributed by atoms with Crippen LogP contribution in [-0.4, -0.2) is 42.3 Å². The number of hydrogen-bond acceptors (Lipinski definition) is 2. The van der Waals surface area contributed by atoms with Crippen molar-refractivity contribution in [2.75, 3.05) is 14.1 Å². The quantitative estimate of drug-likeness (QED) is 0.736. The summed E-state index contributed by atoms with van der Waals surface area (Å²) in [4.78, 5) is 12.9. The molecule has 0 aromatic rings. The van der Waals surface area contributed by atoms with Crippen LogP contribution in [0.25, 0.3) is 0 Å². The number of carboxylic acid groups (broad SMARTS) is 1. The van der Waals surface area contributed by atoms with Crippen molar-refractivity contribution in [1.29, 1.82) is 0 Å². The fourth-order valence-corrected chi connectivity index (χ4v) is 2.46. The molecular weight excluding hydrogens is 192 g/mol. The summed E-state index contributed by atoms with van der Waals surface area (Å²) < 4.78 is 0.